The SMILES string of the molecule is COc1ccc(NC(=O)C=Cc2cnc[nH]2)c2nc(-c3cccs3)[nH]c12. The summed E-state index contributed by atoms with van der Waals surface area (Å²) in [6.45, 7) is 0. The number of nitrogens with zero attached hydrogens (tertiary/aromatic N) is 2. The van der Waals surface area contributed by atoms with Crippen molar-refractivity contribution in [3.63, 3.8) is 0 Å². The van der Waals surface area contributed by atoms with Gasteiger partial charge in [-0.05, 0) is 29.7 Å². The molecular formula is C18H15N5O2S. The van der Waals surface area contributed by atoms with Gasteiger partial charge in [0.2, 0.25) is 5.91 Å². The highest BCUT2D eigenvalue weighted by molar-refractivity contribution is 7.13. The number of carbonyl (C=O) groups excluding carboxylic acids is 1. The number of fused-ring (bicyclic) bond motifs is 1. The van der Waals surface area contributed by atoms with E-state index >= 15 is 0 Å². The molecule has 4 aromatic rings. The maximum atomic E-state index is 12.2. The van der Waals surface area contributed by atoms with Gasteiger partial charge >= 0.3 is 0 Å². The highest BCUT2D eigenvalue weighted by Crippen LogP contribution is 2.33. The predicted molar refractivity (Wildman–Crippen MR) is 102 cm³/mol. The number of nitrogens with one attached hydrogen (secondary N) is 3. The van der Waals surface area contributed by atoms with Crippen molar-refractivity contribution in [2.45, 2.75) is 0 Å². The fourth-order valence-corrected chi connectivity index (χ4v) is 3.24. The van der Waals surface area contributed by atoms with E-state index in [4.69, 9.17) is 4.74 Å². The van der Waals surface area contributed by atoms with Crippen LogP contribution in [-0.2, 0) is 4.79 Å². The summed E-state index contributed by atoms with van der Waals surface area (Å²) < 4.78 is 5.41. The fraction of sp³-hybridized carbons (Fsp3) is 0.0556. The van der Waals surface area contributed by atoms with Gasteiger partial charge in [-0.25, -0.2) is 9.97 Å². The molecule has 3 heterocycles. The lowest BCUT2D eigenvalue weighted by atomic mass is 10.2. The Balaban J connectivity index is 1.67. The van der Waals surface area contributed by atoms with E-state index < -0.39 is 0 Å². The van der Waals surface area contributed by atoms with Crippen molar-refractivity contribution in [2.24, 2.45) is 0 Å². The average Bonchev–Trinajstić information content (AvgIpc) is 3.41. The highest BCUT2D eigenvalue weighted by atomic mass is 32.1. The van der Waals surface area contributed by atoms with E-state index in [9.17, 15) is 4.79 Å². The first kappa shape index (κ1) is 16.1. The van der Waals surface area contributed by atoms with Gasteiger partial charge in [-0.3, -0.25) is 4.79 Å². The molecule has 7 nitrogen and oxygen atoms in total. The smallest absolute Gasteiger partial charge is 0.248 e. The Morgan fingerprint density at radius 3 is 3.00 bits per heavy atom. The number of aromatic nitrogens is 4. The van der Waals surface area contributed by atoms with Crippen molar-refractivity contribution in [1.29, 1.82) is 0 Å². The molecule has 0 saturated heterocycles. The van der Waals surface area contributed by atoms with Crippen molar-refractivity contribution < 1.29 is 9.53 Å². The van der Waals surface area contributed by atoms with Crippen LogP contribution in [0.3, 0.4) is 0 Å². The van der Waals surface area contributed by atoms with Gasteiger partial charge in [0.15, 0.2) is 0 Å². The van der Waals surface area contributed by atoms with Crippen molar-refractivity contribution >= 4 is 40.0 Å². The largest absolute Gasteiger partial charge is 0.494 e. The molecule has 4 rings (SSSR count). The first-order valence-electron chi connectivity index (χ1n) is 7.82. The molecule has 8 heteroatoms. The molecule has 1 aromatic carbocycles. The van der Waals surface area contributed by atoms with Crippen LogP contribution in [0.15, 0.2) is 48.2 Å². The number of methoxy groups -OCH3 is 1. The topological polar surface area (TPSA) is 95.7 Å². The first-order chi connectivity index (χ1) is 12.7. The van der Waals surface area contributed by atoms with E-state index in [0.29, 0.717) is 17.0 Å². The molecule has 0 aliphatic carbocycles. The molecule has 130 valence electrons. The van der Waals surface area contributed by atoms with E-state index in [0.717, 1.165) is 21.9 Å². The van der Waals surface area contributed by atoms with E-state index in [1.807, 2.05) is 17.5 Å². The minimum atomic E-state index is -0.258. The van der Waals surface area contributed by atoms with Gasteiger partial charge in [-0.1, -0.05) is 6.07 Å². The molecule has 0 radical (unpaired) electrons. The lowest BCUT2D eigenvalue weighted by molar-refractivity contribution is -0.111. The van der Waals surface area contributed by atoms with Gasteiger partial charge < -0.3 is 20.0 Å². The Morgan fingerprint density at radius 2 is 2.27 bits per heavy atom. The summed E-state index contributed by atoms with van der Waals surface area (Å²) >= 11 is 1.59. The Hall–Kier alpha value is -3.39. The second-order valence-corrected chi connectivity index (χ2v) is 6.38. The zero-order valence-electron chi connectivity index (χ0n) is 13.8. The van der Waals surface area contributed by atoms with Gasteiger partial charge in [-0.2, -0.15) is 0 Å². The number of anilines is 1. The molecule has 0 aliphatic heterocycles. The van der Waals surface area contributed by atoms with Crippen LogP contribution in [0, 0.1) is 0 Å². The molecule has 0 bridgehead atoms. The number of aromatic amines is 2. The lowest BCUT2D eigenvalue weighted by Gasteiger charge is -2.06. The van der Waals surface area contributed by atoms with Crippen molar-refractivity contribution in [3.8, 4) is 16.5 Å². The summed E-state index contributed by atoms with van der Waals surface area (Å²) in [5.74, 6) is 1.15. The molecule has 3 N–H and O–H groups in total. The summed E-state index contributed by atoms with van der Waals surface area (Å²) in [6, 6.07) is 7.53. The number of ether oxygens (including phenoxy) is 1. The molecule has 0 aliphatic rings. The second kappa shape index (κ2) is 6.85. The zero-order chi connectivity index (χ0) is 17.9. The van der Waals surface area contributed by atoms with Gasteiger partial charge in [0.25, 0.3) is 0 Å². The van der Waals surface area contributed by atoms with Gasteiger partial charge in [0.1, 0.15) is 22.6 Å². The highest BCUT2D eigenvalue weighted by Gasteiger charge is 2.14. The lowest BCUT2D eigenvalue weighted by Crippen LogP contribution is -2.08. The maximum absolute atomic E-state index is 12.2. The summed E-state index contributed by atoms with van der Waals surface area (Å²) in [7, 11) is 1.60. The molecule has 1 amide bonds. The number of hydrogen-bond donors (Lipinski definition) is 3. The van der Waals surface area contributed by atoms with Crippen LogP contribution < -0.4 is 10.1 Å². The van der Waals surface area contributed by atoms with Crippen LogP contribution >= 0.6 is 11.3 Å². The van der Waals surface area contributed by atoms with Crippen LogP contribution in [-0.4, -0.2) is 33.0 Å². The molecule has 26 heavy (non-hydrogen) atoms. The van der Waals surface area contributed by atoms with E-state index in [1.54, 1.807) is 49.2 Å². The van der Waals surface area contributed by atoms with Crippen LogP contribution in [0.4, 0.5) is 5.69 Å². The molecule has 0 unspecified atom stereocenters. The minimum Gasteiger partial charge on any atom is -0.494 e. The van der Waals surface area contributed by atoms with Crippen LogP contribution in [0.1, 0.15) is 5.69 Å². The monoisotopic (exact) mass is 365 g/mol. The van der Waals surface area contributed by atoms with Crippen molar-refractivity contribution in [2.75, 3.05) is 12.4 Å². The Kier molecular flexibility index (Phi) is 4.24. The van der Waals surface area contributed by atoms with E-state index in [2.05, 4.69) is 25.3 Å². The number of hydrogen-bond acceptors (Lipinski definition) is 5. The quantitative estimate of drug-likeness (QED) is 0.470. The van der Waals surface area contributed by atoms with Gasteiger partial charge in [0.05, 0.1) is 35.9 Å². The third-order valence-electron chi connectivity index (χ3n) is 3.77. The number of thiophene rings is 1. The third-order valence-corrected chi connectivity index (χ3v) is 4.65. The van der Waals surface area contributed by atoms with Crippen molar-refractivity contribution in [1.82, 2.24) is 19.9 Å². The van der Waals surface area contributed by atoms with Crippen LogP contribution in [0.2, 0.25) is 0 Å². The number of benzene rings is 1. The summed E-state index contributed by atoms with van der Waals surface area (Å²) in [4.78, 5) is 28.0. The number of rotatable bonds is 5. The Bertz CT molecular complexity index is 1060. The number of imidazole rings is 2. The standard InChI is InChI=1S/C18H15N5O2S/c1-25-13-6-5-12(21-15(24)7-4-11-9-19-10-20-11)16-17(13)23-18(22-16)14-3-2-8-26-14/h2-10H,1H3,(H,19,20)(H,21,24)(H,22,23). The number of H-pyrrole nitrogens is 2. The van der Waals surface area contributed by atoms with Crippen LogP contribution in [0.25, 0.3) is 27.8 Å². The zero-order valence-corrected chi connectivity index (χ0v) is 14.6. The minimum absolute atomic E-state index is 0.258. The summed E-state index contributed by atoms with van der Waals surface area (Å²) in [5, 5.41) is 4.85. The van der Waals surface area contributed by atoms with Crippen LogP contribution in [0.5, 0.6) is 5.75 Å². The maximum Gasteiger partial charge on any atom is 0.248 e. The van der Waals surface area contributed by atoms with Crippen molar-refractivity contribution in [3.05, 3.63) is 53.9 Å². The third kappa shape index (κ3) is 3.09. The molecule has 0 spiro atoms. The van der Waals surface area contributed by atoms with Gasteiger partial charge in [0, 0.05) is 6.08 Å². The second-order valence-electron chi connectivity index (χ2n) is 5.43. The average molecular weight is 365 g/mol. The normalized spacial score (nSPS) is 11.3. The number of amides is 1. The number of carbonyl (C=O) groups is 1. The van der Waals surface area contributed by atoms with Gasteiger partial charge in [-0.15, -0.1) is 11.3 Å². The molecule has 0 saturated carbocycles. The summed E-state index contributed by atoms with van der Waals surface area (Å²) in [6.07, 6.45) is 6.29. The molecule has 0 atom stereocenters. The summed E-state index contributed by atoms with van der Waals surface area (Å²) in [5.41, 5.74) is 2.75. The Labute approximate surface area is 152 Å². The fourth-order valence-electron chi connectivity index (χ4n) is 2.57. The van der Waals surface area contributed by atoms with E-state index in [1.165, 1.54) is 6.08 Å². The van der Waals surface area contributed by atoms with E-state index in [-0.39, 0.29) is 5.91 Å². The molecule has 3 aromatic heterocycles. The predicted octanol–water partition coefficient (Wildman–Crippen LogP) is 3.68. The molecular weight excluding hydrogens is 350 g/mol. The molecule has 0 fully saturated rings. The first-order valence-corrected chi connectivity index (χ1v) is 8.70. The Morgan fingerprint density at radius 1 is 1.35 bits per heavy atom.